The van der Waals surface area contributed by atoms with Gasteiger partial charge in [0.2, 0.25) is 5.91 Å². The SMILES string of the molecule is C=CCN(CC(F)(F)F)C(=O)/C=C/c1ccc(C2CC2C)o1. The minimum absolute atomic E-state index is 0.161. The third-order valence-corrected chi connectivity index (χ3v) is 3.54. The molecule has 0 aromatic carbocycles. The first-order chi connectivity index (χ1) is 10.3. The first-order valence-corrected chi connectivity index (χ1v) is 7.04. The summed E-state index contributed by atoms with van der Waals surface area (Å²) >= 11 is 0. The van der Waals surface area contributed by atoms with Crippen molar-refractivity contribution in [2.75, 3.05) is 13.1 Å². The molecule has 0 spiro atoms. The number of carbonyl (C=O) groups is 1. The molecule has 0 bridgehead atoms. The van der Waals surface area contributed by atoms with Gasteiger partial charge in [-0.3, -0.25) is 4.79 Å². The van der Waals surface area contributed by atoms with Crippen LogP contribution in [0.5, 0.6) is 0 Å². The van der Waals surface area contributed by atoms with Gasteiger partial charge in [0, 0.05) is 18.5 Å². The molecule has 1 heterocycles. The van der Waals surface area contributed by atoms with Crippen LogP contribution in [0.1, 0.15) is 30.8 Å². The summed E-state index contributed by atoms with van der Waals surface area (Å²) < 4.78 is 42.8. The van der Waals surface area contributed by atoms with E-state index < -0.39 is 18.6 Å². The smallest absolute Gasteiger partial charge is 0.406 e. The molecular weight excluding hydrogens is 295 g/mol. The summed E-state index contributed by atoms with van der Waals surface area (Å²) in [4.78, 5) is 12.5. The van der Waals surface area contributed by atoms with Crippen LogP contribution < -0.4 is 0 Å². The topological polar surface area (TPSA) is 33.5 Å². The number of hydrogen-bond acceptors (Lipinski definition) is 2. The Labute approximate surface area is 127 Å². The monoisotopic (exact) mass is 313 g/mol. The predicted molar refractivity (Wildman–Crippen MR) is 77.1 cm³/mol. The van der Waals surface area contributed by atoms with Crippen LogP contribution in [0.3, 0.4) is 0 Å². The average molecular weight is 313 g/mol. The van der Waals surface area contributed by atoms with Crippen LogP contribution in [0.4, 0.5) is 13.2 Å². The summed E-state index contributed by atoms with van der Waals surface area (Å²) in [6.07, 6.45) is 0.386. The van der Waals surface area contributed by atoms with Crippen LogP contribution in [-0.2, 0) is 4.79 Å². The maximum Gasteiger partial charge on any atom is 0.406 e. The first kappa shape index (κ1) is 16.4. The Balaban J connectivity index is 1.98. The molecule has 2 unspecified atom stereocenters. The van der Waals surface area contributed by atoms with E-state index in [-0.39, 0.29) is 6.54 Å². The first-order valence-electron chi connectivity index (χ1n) is 7.04. The number of furan rings is 1. The van der Waals surface area contributed by atoms with Gasteiger partial charge in [0.25, 0.3) is 0 Å². The number of rotatable bonds is 6. The van der Waals surface area contributed by atoms with Crippen molar-refractivity contribution in [2.24, 2.45) is 5.92 Å². The molecule has 0 saturated heterocycles. The highest BCUT2D eigenvalue weighted by atomic mass is 19.4. The van der Waals surface area contributed by atoms with Gasteiger partial charge in [0.15, 0.2) is 0 Å². The Kier molecular flexibility index (Phi) is 4.78. The van der Waals surface area contributed by atoms with Crippen LogP contribution in [-0.4, -0.2) is 30.1 Å². The number of carbonyl (C=O) groups excluding carboxylic acids is 1. The van der Waals surface area contributed by atoms with Gasteiger partial charge in [-0.15, -0.1) is 6.58 Å². The summed E-state index contributed by atoms with van der Waals surface area (Å²) in [5.41, 5.74) is 0. The minimum Gasteiger partial charge on any atom is -0.461 e. The van der Waals surface area contributed by atoms with E-state index in [2.05, 4.69) is 13.5 Å². The fourth-order valence-corrected chi connectivity index (χ4v) is 2.24. The molecule has 0 radical (unpaired) electrons. The molecule has 120 valence electrons. The Morgan fingerprint density at radius 3 is 2.73 bits per heavy atom. The van der Waals surface area contributed by atoms with Crippen molar-refractivity contribution < 1.29 is 22.4 Å². The van der Waals surface area contributed by atoms with E-state index in [0.717, 1.165) is 18.3 Å². The highest BCUT2D eigenvalue weighted by molar-refractivity contribution is 5.91. The van der Waals surface area contributed by atoms with E-state index in [1.165, 1.54) is 12.2 Å². The van der Waals surface area contributed by atoms with Gasteiger partial charge in [0.05, 0.1) is 0 Å². The lowest BCUT2D eigenvalue weighted by Gasteiger charge is -2.20. The normalized spacial score (nSPS) is 21.1. The molecular formula is C16H18F3NO2. The van der Waals surface area contributed by atoms with Gasteiger partial charge in [-0.05, 0) is 30.5 Å². The largest absolute Gasteiger partial charge is 0.461 e. The molecule has 2 atom stereocenters. The summed E-state index contributed by atoms with van der Waals surface area (Å²) in [5, 5.41) is 0. The van der Waals surface area contributed by atoms with Gasteiger partial charge in [-0.2, -0.15) is 13.2 Å². The Bertz CT molecular complexity index is 574. The van der Waals surface area contributed by atoms with Gasteiger partial charge < -0.3 is 9.32 Å². The van der Waals surface area contributed by atoms with Crippen molar-refractivity contribution in [1.29, 1.82) is 0 Å². The van der Waals surface area contributed by atoms with Crippen molar-refractivity contribution in [3.63, 3.8) is 0 Å². The highest BCUT2D eigenvalue weighted by Gasteiger charge is 2.36. The zero-order chi connectivity index (χ0) is 16.3. The fraction of sp³-hybridized carbons (Fsp3) is 0.438. The number of hydrogen-bond donors (Lipinski definition) is 0. The fourth-order valence-electron chi connectivity index (χ4n) is 2.24. The van der Waals surface area contributed by atoms with Crippen molar-refractivity contribution in [3.05, 3.63) is 42.4 Å². The van der Waals surface area contributed by atoms with Crippen LogP contribution in [0.2, 0.25) is 0 Å². The number of alkyl halides is 3. The molecule has 6 heteroatoms. The van der Waals surface area contributed by atoms with Gasteiger partial charge >= 0.3 is 6.18 Å². The molecule has 1 aliphatic carbocycles. The lowest BCUT2D eigenvalue weighted by molar-refractivity contribution is -0.157. The molecule has 22 heavy (non-hydrogen) atoms. The number of amides is 1. The molecule has 1 fully saturated rings. The molecule has 2 rings (SSSR count). The summed E-state index contributed by atoms with van der Waals surface area (Å²) in [6, 6.07) is 3.56. The maximum atomic E-state index is 12.4. The molecule has 1 aromatic rings. The van der Waals surface area contributed by atoms with Gasteiger partial charge in [0.1, 0.15) is 18.1 Å². The number of nitrogens with zero attached hydrogens (tertiary/aromatic N) is 1. The van der Waals surface area contributed by atoms with Crippen molar-refractivity contribution >= 4 is 12.0 Å². The van der Waals surface area contributed by atoms with Crippen LogP contribution >= 0.6 is 0 Å². The second-order valence-electron chi connectivity index (χ2n) is 5.52. The average Bonchev–Trinajstić information content (AvgIpc) is 2.97. The zero-order valence-electron chi connectivity index (χ0n) is 12.3. The summed E-state index contributed by atoms with van der Waals surface area (Å²) in [5.74, 6) is 1.61. The molecule has 1 saturated carbocycles. The molecule has 1 amide bonds. The predicted octanol–water partition coefficient (Wildman–Crippen LogP) is 3.99. The third-order valence-electron chi connectivity index (χ3n) is 3.54. The van der Waals surface area contributed by atoms with Gasteiger partial charge in [-0.25, -0.2) is 0 Å². The van der Waals surface area contributed by atoms with Crippen LogP contribution in [0.25, 0.3) is 6.08 Å². The molecule has 0 N–H and O–H groups in total. The van der Waals surface area contributed by atoms with E-state index in [9.17, 15) is 18.0 Å². The molecule has 1 aromatic heterocycles. The van der Waals surface area contributed by atoms with Crippen LogP contribution in [0, 0.1) is 5.92 Å². The lowest BCUT2D eigenvalue weighted by Crippen LogP contribution is -2.38. The van der Waals surface area contributed by atoms with Crippen molar-refractivity contribution in [3.8, 4) is 0 Å². The molecule has 1 aliphatic rings. The molecule has 0 aliphatic heterocycles. The highest BCUT2D eigenvalue weighted by Crippen LogP contribution is 2.47. The quantitative estimate of drug-likeness (QED) is 0.587. The van der Waals surface area contributed by atoms with Crippen molar-refractivity contribution in [2.45, 2.75) is 25.4 Å². The van der Waals surface area contributed by atoms with E-state index in [0.29, 0.717) is 22.5 Å². The Hall–Kier alpha value is -1.98. The summed E-state index contributed by atoms with van der Waals surface area (Å²) in [6.45, 7) is 4.02. The van der Waals surface area contributed by atoms with E-state index in [4.69, 9.17) is 4.42 Å². The third kappa shape index (κ3) is 4.51. The standard InChI is InChI=1S/C16H18F3NO2/c1-3-8-20(10-16(17,18)19)15(21)7-5-12-4-6-14(22-12)13-9-11(13)2/h3-7,11,13H,1,8-10H2,2H3/b7-5+. The minimum atomic E-state index is -4.44. The lowest BCUT2D eigenvalue weighted by atomic mass is 10.3. The van der Waals surface area contributed by atoms with E-state index >= 15 is 0 Å². The second kappa shape index (κ2) is 6.42. The Morgan fingerprint density at radius 1 is 1.50 bits per heavy atom. The van der Waals surface area contributed by atoms with E-state index in [1.807, 2.05) is 6.07 Å². The zero-order valence-corrected chi connectivity index (χ0v) is 12.3. The Morgan fingerprint density at radius 2 is 2.18 bits per heavy atom. The summed E-state index contributed by atoms with van der Waals surface area (Å²) in [7, 11) is 0. The van der Waals surface area contributed by atoms with Crippen molar-refractivity contribution in [1.82, 2.24) is 4.90 Å². The van der Waals surface area contributed by atoms with Crippen LogP contribution in [0.15, 0.2) is 35.3 Å². The van der Waals surface area contributed by atoms with E-state index in [1.54, 1.807) is 6.07 Å². The number of halogens is 3. The second-order valence-corrected chi connectivity index (χ2v) is 5.52. The maximum absolute atomic E-state index is 12.4. The molecule has 3 nitrogen and oxygen atoms in total. The van der Waals surface area contributed by atoms with Gasteiger partial charge in [-0.1, -0.05) is 13.0 Å².